The molecule has 2 aromatic rings. The highest BCUT2D eigenvalue weighted by Crippen LogP contribution is 2.18. The predicted molar refractivity (Wildman–Crippen MR) is 58.1 cm³/mol. The lowest BCUT2D eigenvalue weighted by atomic mass is 10.1. The van der Waals surface area contributed by atoms with Gasteiger partial charge in [-0.3, -0.25) is 0 Å². The SMILES string of the molecule is Cn1nnnc1Oc1ccc(CCN)cc1. The van der Waals surface area contributed by atoms with Gasteiger partial charge in [0.2, 0.25) is 0 Å². The van der Waals surface area contributed by atoms with Crippen LogP contribution in [-0.2, 0) is 13.5 Å². The number of rotatable bonds is 4. The third kappa shape index (κ3) is 2.34. The van der Waals surface area contributed by atoms with Crippen molar-refractivity contribution in [2.75, 3.05) is 6.54 Å². The topological polar surface area (TPSA) is 78.8 Å². The molecule has 0 atom stereocenters. The zero-order chi connectivity index (χ0) is 11.4. The summed E-state index contributed by atoms with van der Waals surface area (Å²) < 4.78 is 6.94. The molecule has 6 heteroatoms. The van der Waals surface area contributed by atoms with Crippen molar-refractivity contribution >= 4 is 0 Å². The lowest BCUT2D eigenvalue weighted by molar-refractivity contribution is 0.414. The van der Waals surface area contributed by atoms with Gasteiger partial charge in [-0.1, -0.05) is 17.2 Å². The maximum Gasteiger partial charge on any atom is 0.340 e. The number of hydrogen-bond acceptors (Lipinski definition) is 5. The fraction of sp³-hybridized carbons (Fsp3) is 0.300. The monoisotopic (exact) mass is 219 g/mol. The average Bonchev–Trinajstić information content (AvgIpc) is 2.68. The van der Waals surface area contributed by atoms with Crippen LogP contribution in [0.3, 0.4) is 0 Å². The summed E-state index contributed by atoms with van der Waals surface area (Å²) in [5.41, 5.74) is 6.65. The fourth-order valence-electron chi connectivity index (χ4n) is 1.30. The number of nitrogens with zero attached hydrogens (tertiary/aromatic N) is 4. The molecule has 0 aliphatic rings. The Morgan fingerprint density at radius 2 is 2.06 bits per heavy atom. The molecule has 1 aromatic heterocycles. The largest absolute Gasteiger partial charge is 0.423 e. The van der Waals surface area contributed by atoms with Gasteiger partial charge in [0, 0.05) is 7.05 Å². The minimum atomic E-state index is 0.367. The maximum atomic E-state index is 5.48. The van der Waals surface area contributed by atoms with E-state index in [1.165, 1.54) is 10.2 Å². The van der Waals surface area contributed by atoms with Gasteiger partial charge in [0.25, 0.3) is 0 Å². The minimum Gasteiger partial charge on any atom is -0.423 e. The summed E-state index contributed by atoms with van der Waals surface area (Å²) in [7, 11) is 1.72. The van der Waals surface area contributed by atoms with Crippen LogP contribution < -0.4 is 10.5 Å². The highest BCUT2D eigenvalue weighted by molar-refractivity contribution is 5.29. The molecule has 0 amide bonds. The predicted octanol–water partition coefficient (Wildman–Crippen LogP) is 0.504. The van der Waals surface area contributed by atoms with E-state index in [1.807, 2.05) is 24.3 Å². The third-order valence-electron chi connectivity index (χ3n) is 2.15. The molecular weight excluding hydrogens is 206 g/mol. The Hall–Kier alpha value is -1.95. The first-order chi connectivity index (χ1) is 7.79. The Labute approximate surface area is 93.0 Å². The van der Waals surface area contributed by atoms with Gasteiger partial charge in [-0.05, 0) is 41.1 Å². The molecule has 0 bridgehead atoms. The van der Waals surface area contributed by atoms with Gasteiger partial charge in [0.1, 0.15) is 5.75 Å². The second-order valence-electron chi connectivity index (χ2n) is 3.37. The molecule has 0 aliphatic heterocycles. The second-order valence-corrected chi connectivity index (χ2v) is 3.37. The highest BCUT2D eigenvalue weighted by atomic mass is 16.5. The molecule has 1 aromatic carbocycles. The fourth-order valence-corrected chi connectivity index (χ4v) is 1.30. The van der Waals surface area contributed by atoms with Crippen LogP contribution in [0.5, 0.6) is 11.8 Å². The average molecular weight is 219 g/mol. The van der Waals surface area contributed by atoms with Crippen molar-refractivity contribution in [1.29, 1.82) is 0 Å². The standard InChI is InChI=1S/C10H13N5O/c1-15-10(12-13-14-15)16-9-4-2-8(3-5-9)6-7-11/h2-5H,6-7,11H2,1H3. The van der Waals surface area contributed by atoms with Crippen molar-refractivity contribution < 1.29 is 4.74 Å². The van der Waals surface area contributed by atoms with E-state index in [2.05, 4.69) is 15.5 Å². The Balaban J connectivity index is 2.08. The van der Waals surface area contributed by atoms with Crippen molar-refractivity contribution in [3.63, 3.8) is 0 Å². The molecule has 0 spiro atoms. The zero-order valence-corrected chi connectivity index (χ0v) is 9.00. The van der Waals surface area contributed by atoms with E-state index >= 15 is 0 Å². The summed E-state index contributed by atoms with van der Waals surface area (Å²) in [5.74, 6) is 0.707. The first-order valence-electron chi connectivity index (χ1n) is 4.99. The summed E-state index contributed by atoms with van der Waals surface area (Å²) in [6.45, 7) is 0.646. The number of aromatic nitrogens is 4. The first-order valence-corrected chi connectivity index (χ1v) is 4.99. The van der Waals surface area contributed by atoms with Gasteiger partial charge in [0.05, 0.1) is 0 Å². The van der Waals surface area contributed by atoms with E-state index < -0.39 is 0 Å². The van der Waals surface area contributed by atoms with Crippen LogP contribution in [0.2, 0.25) is 0 Å². The second kappa shape index (κ2) is 4.71. The van der Waals surface area contributed by atoms with Crippen molar-refractivity contribution in [2.45, 2.75) is 6.42 Å². The Bertz CT molecular complexity index is 450. The number of nitrogens with two attached hydrogens (primary N) is 1. The number of aryl methyl sites for hydroxylation is 1. The number of tetrazole rings is 1. The maximum absolute atomic E-state index is 5.48. The van der Waals surface area contributed by atoms with Crippen LogP contribution in [0.1, 0.15) is 5.56 Å². The molecule has 0 unspecified atom stereocenters. The van der Waals surface area contributed by atoms with Gasteiger partial charge in [0.15, 0.2) is 0 Å². The lowest BCUT2D eigenvalue weighted by Crippen LogP contribution is -2.02. The Morgan fingerprint density at radius 3 is 2.62 bits per heavy atom. The molecule has 16 heavy (non-hydrogen) atoms. The quantitative estimate of drug-likeness (QED) is 0.810. The molecule has 2 rings (SSSR count). The van der Waals surface area contributed by atoms with Crippen LogP contribution >= 0.6 is 0 Å². The Morgan fingerprint density at radius 1 is 1.31 bits per heavy atom. The normalized spacial score (nSPS) is 10.4. The van der Waals surface area contributed by atoms with E-state index in [0.717, 1.165) is 6.42 Å². The summed E-state index contributed by atoms with van der Waals surface area (Å²) in [6, 6.07) is 8.07. The smallest absolute Gasteiger partial charge is 0.340 e. The van der Waals surface area contributed by atoms with E-state index in [1.54, 1.807) is 7.05 Å². The molecule has 0 fully saturated rings. The van der Waals surface area contributed by atoms with Gasteiger partial charge in [-0.15, -0.1) is 0 Å². The number of hydrogen-bond donors (Lipinski definition) is 1. The van der Waals surface area contributed by atoms with Gasteiger partial charge < -0.3 is 10.5 Å². The molecule has 0 saturated carbocycles. The summed E-state index contributed by atoms with van der Waals surface area (Å²) in [5, 5.41) is 10.9. The van der Waals surface area contributed by atoms with Gasteiger partial charge in [-0.2, -0.15) is 4.68 Å². The van der Waals surface area contributed by atoms with Gasteiger partial charge in [-0.25, -0.2) is 0 Å². The van der Waals surface area contributed by atoms with Crippen LogP contribution in [0, 0.1) is 0 Å². The minimum absolute atomic E-state index is 0.367. The molecular formula is C10H13N5O. The molecule has 0 saturated heterocycles. The molecule has 2 N–H and O–H groups in total. The van der Waals surface area contributed by atoms with Crippen molar-refractivity contribution in [2.24, 2.45) is 12.8 Å². The molecule has 0 aliphatic carbocycles. The van der Waals surface area contributed by atoms with E-state index in [-0.39, 0.29) is 0 Å². The number of benzene rings is 1. The van der Waals surface area contributed by atoms with Crippen molar-refractivity contribution in [1.82, 2.24) is 20.2 Å². The molecule has 1 heterocycles. The highest BCUT2D eigenvalue weighted by Gasteiger charge is 2.04. The molecule has 0 radical (unpaired) electrons. The first kappa shape index (κ1) is 10.6. The van der Waals surface area contributed by atoms with Crippen LogP contribution in [0.15, 0.2) is 24.3 Å². The van der Waals surface area contributed by atoms with Crippen molar-refractivity contribution in [3.05, 3.63) is 29.8 Å². The van der Waals surface area contributed by atoms with Gasteiger partial charge >= 0.3 is 6.01 Å². The lowest BCUT2D eigenvalue weighted by Gasteiger charge is -2.04. The van der Waals surface area contributed by atoms with Crippen LogP contribution in [0.4, 0.5) is 0 Å². The Kier molecular flexibility index (Phi) is 3.11. The van der Waals surface area contributed by atoms with E-state index in [4.69, 9.17) is 10.5 Å². The summed E-state index contributed by atoms with van der Waals surface area (Å²) >= 11 is 0. The molecule has 84 valence electrons. The third-order valence-corrected chi connectivity index (χ3v) is 2.15. The van der Waals surface area contributed by atoms with E-state index in [0.29, 0.717) is 18.3 Å². The van der Waals surface area contributed by atoms with E-state index in [9.17, 15) is 0 Å². The summed E-state index contributed by atoms with van der Waals surface area (Å²) in [6.07, 6.45) is 0.867. The van der Waals surface area contributed by atoms with Crippen LogP contribution in [-0.4, -0.2) is 26.8 Å². The molecule has 6 nitrogen and oxygen atoms in total. The number of ether oxygens (including phenoxy) is 1. The summed E-state index contributed by atoms with van der Waals surface area (Å²) in [4.78, 5) is 0. The zero-order valence-electron chi connectivity index (χ0n) is 9.00. The van der Waals surface area contributed by atoms with Crippen molar-refractivity contribution in [3.8, 4) is 11.8 Å². The van der Waals surface area contributed by atoms with Crippen LogP contribution in [0.25, 0.3) is 0 Å².